The van der Waals surface area contributed by atoms with E-state index in [2.05, 4.69) is 15.2 Å². The number of hydrogen-bond acceptors (Lipinski definition) is 4. The number of anilines is 1. The number of amides is 2. The van der Waals surface area contributed by atoms with Crippen molar-refractivity contribution in [3.8, 4) is 0 Å². The Bertz CT molecular complexity index is 672. The summed E-state index contributed by atoms with van der Waals surface area (Å²) in [5, 5.41) is 3.13. The average molecular weight is 356 g/mol. The van der Waals surface area contributed by atoms with Gasteiger partial charge < -0.3 is 15.1 Å². The molecule has 3 fully saturated rings. The van der Waals surface area contributed by atoms with Gasteiger partial charge in [-0.05, 0) is 50.7 Å². The maximum atomic E-state index is 13.2. The number of hydrogen-bond donors (Lipinski definition) is 1. The molecular formula is C20H28N4O2. The average Bonchev–Trinajstić information content (AvgIpc) is 3.05. The minimum absolute atomic E-state index is 0.0768. The highest BCUT2D eigenvalue weighted by atomic mass is 16.2. The third-order valence-corrected chi connectivity index (χ3v) is 5.98. The molecule has 1 N–H and O–H groups in total. The first kappa shape index (κ1) is 17.3. The van der Waals surface area contributed by atoms with Crippen molar-refractivity contribution in [1.82, 2.24) is 15.2 Å². The van der Waals surface area contributed by atoms with E-state index in [0.29, 0.717) is 6.42 Å². The Morgan fingerprint density at radius 2 is 1.92 bits per heavy atom. The fourth-order valence-electron chi connectivity index (χ4n) is 4.56. The predicted octanol–water partition coefficient (Wildman–Crippen LogP) is 2.35. The van der Waals surface area contributed by atoms with Crippen molar-refractivity contribution >= 4 is 17.6 Å². The Balaban J connectivity index is 1.51. The Labute approximate surface area is 155 Å². The van der Waals surface area contributed by atoms with E-state index in [1.54, 1.807) is 6.20 Å². The van der Waals surface area contributed by atoms with Crippen molar-refractivity contribution < 1.29 is 9.59 Å². The molecule has 0 aliphatic carbocycles. The lowest BCUT2D eigenvalue weighted by Crippen LogP contribution is -2.47. The lowest BCUT2D eigenvalue weighted by Gasteiger charge is -2.31. The van der Waals surface area contributed by atoms with Crippen molar-refractivity contribution in [2.24, 2.45) is 0 Å². The van der Waals surface area contributed by atoms with Crippen LogP contribution < -0.4 is 10.2 Å². The molecule has 6 nitrogen and oxygen atoms in total. The largest absolute Gasteiger partial charge is 0.357 e. The van der Waals surface area contributed by atoms with Gasteiger partial charge in [0.05, 0.1) is 12.1 Å². The Morgan fingerprint density at radius 1 is 1.08 bits per heavy atom. The molecule has 0 spiro atoms. The van der Waals surface area contributed by atoms with Crippen LogP contribution in [0.1, 0.15) is 61.7 Å². The van der Waals surface area contributed by atoms with Crippen molar-refractivity contribution in [2.75, 3.05) is 24.5 Å². The second-order valence-corrected chi connectivity index (χ2v) is 7.72. The van der Waals surface area contributed by atoms with Crippen molar-refractivity contribution in [1.29, 1.82) is 0 Å². The highest BCUT2D eigenvalue weighted by Crippen LogP contribution is 2.27. The van der Waals surface area contributed by atoms with E-state index in [1.165, 1.54) is 19.3 Å². The standard InChI is InChI=1S/C20H28N4O2/c25-19-7-3-2-6-17-16(22-19)9-13-24(17)20(26)15-8-10-21-18(14-15)23-11-4-1-5-12-23/h8,10,14,16-17H,1-7,9,11-13H2,(H,22,25)/t16-,17+/m0/s1. The third kappa shape index (κ3) is 3.55. The minimum atomic E-state index is 0.0768. The normalized spacial score (nSPS) is 26.7. The Hall–Kier alpha value is -2.11. The molecule has 140 valence electrons. The van der Waals surface area contributed by atoms with Gasteiger partial charge in [0.1, 0.15) is 5.82 Å². The molecule has 26 heavy (non-hydrogen) atoms. The number of carbonyl (C=O) groups excluding carboxylic acids is 2. The lowest BCUT2D eigenvalue weighted by atomic mass is 9.98. The van der Waals surface area contributed by atoms with Crippen molar-refractivity contribution in [3.05, 3.63) is 23.9 Å². The predicted molar refractivity (Wildman–Crippen MR) is 100 cm³/mol. The van der Waals surface area contributed by atoms with Crippen LogP contribution >= 0.6 is 0 Å². The van der Waals surface area contributed by atoms with E-state index in [9.17, 15) is 9.59 Å². The van der Waals surface area contributed by atoms with E-state index < -0.39 is 0 Å². The zero-order valence-electron chi connectivity index (χ0n) is 15.3. The van der Waals surface area contributed by atoms with Gasteiger partial charge in [0.2, 0.25) is 5.91 Å². The van der Waals surface area contributed by atoms with Gasteiger partial charge in [-0.25, -0.2) is 4.98 Å². The number of fused-ring (bicyclic) bond motifs is 1. The summed E-state index contributed by atoms with van der Waals surface area (Å²) in [6.07, 6.45) is 9.76. The first-order valence-corrected chi connectivity index (χ1v) is 10.0. The maximum Gasteiger partial charge on any atom is 0.254 e. The zero-order chi connectivity index (χ0) is 17.9. The van der Waals surface area contributed by atoms with E-state index in [0.717, 1.165) is 56.7 Å². The SMILES string of the molecule is O=C1CCCC[C@@H]2[C@H](CCN2C(=O)c2ccnc(N3CCCCC3)c2)N1. The first-order valence-electron chi connectivity index (χ1n) is 10.0. The van der Waals surface area contributed by atoms with E-state index in [-0.39, 0.29) is 23.9 Å². The molecule has 1 aromatic heterocycles. The van der Waals surface area contributed by atoms with Crippen LogP contribution in [0.25, 0.3) is 0 Å². The highest BCUT2D eigenvalue weighted by molar-refractivity contribution is 5.95. The van der Waals surface area contributed by atoms with Crippen molar-refractivity contribution in [2.45, 2.75) is 63.5 Å². The van der Waals surface area contributed by atoms with Gasteiger partial charge in [-0.1, -0.05) is 6.42 Å². The van der Waals surface area contributed by atoms with Crippen LogP contribution in [-0.2, 0) is 4.79 Å². The molecule has 0 bridgehead atoms. The first-order chi connectivity index (χ1) is 12.7. The summed E-state index contributed by atoms with van der Waals surface area (Å²) >= 11 is 0. The quantitative estimate of drug-likeness (QED) is 0.883. The molecule has 0 saturated carbocycles. The number of likely N-dealkylation sites (tertiary alicyclic amines) is 1. The van der Waals surface area contributed by atoms with Crippen LogP contribution in [0.4, 0.5) is 5.82 Å². The highest BCUT2D eigenvalue weighted by Gasteiger charge is 2.38. The Kier molecular flexibility index (Phi) is 5.09. The summed E-state index contributed by atoms with van der Waals surface area (Å²) in [6, 6.07) is 4.00. The number of nitrogens with one attached hydrogen (secondary N) is 1. The summed E-state index contributed by atoms with van der Waals surface area (Å²) < 4.78 is 0. The fourth-order valence-corrected chi connectivity index (χ4v) is 4.56. The van der Waals surface area contributed by atoms with Crippen LogP contribution in [0.15, 0.2) is 18.3 Å². The molecular weight excluding hydrogens is 328 g/mol. The van der Waals surface area contributed by atoms with Gasteiger partial charge in [0.25, 0.3) is 5.91 Å². The number of aromatic nitrogens is 1. The fraction of sp³-hybridized carbons (Fsp3) is 0.650. The van der Waals surface area contributed by atoms with E-state index in [1.807, 2.05) is 17.0 Å². The third-order valence-electron chi connectivity index (χ3n) is 5.98. The van der Waals surface area contributed by atoms with Gasteiger partial charge in [-0.3, -0.25) is 9.59 Å². The second kappa shape index (κ2) is 7.64. The molecule has 1 aromatic rings. The smallest absolute Gasteiger partial charge is 0.254 e. The molecule has 2 amide bonds. The van der Waals surface area contributed by atoms with Crippen LogP contribution in [0.5, 0.6) is 0 Å². The summed E-state index contributed by atoms with van der Waals surface area (Å²) in [5.74, 6) is 1.12. The summed E-state index contributed by atoms with van der Waals surface area (Å²) in [4.78, 5) is 33.8. The summed E-state index contributed by atoms with van der Waals surface area (Å²) in [6.45, 7) is 2.76. The van der Waals surface area contributed by atoms with Gasteiger partial charge in [-0.15, -0.1) is 0 Å². The van der Waals surface area contributed by atoms with E-state index >= 15 is 0 Å². The molecule has 3 aliphatic heterocycles. The number of piperidine rings is 1. The summed E-state index contributed by atoms with van der Waals surface area (Å²) in [5.41, 5.74) is 0.717. The number of carbonyl (C=O) groups is 2. The topological polar surface area (TPSA) is 65.5 Å². The van der Waals surface area contributed by atoms with Crippen LogP contribution in [0.2, 0.25) is 0 Å². The molecule has 0 radical (unpaired) electrons. The van der Waals surface area contributed by atoms with Crippen LogP contribution in [-0.4, -0.2) is 53.4 Å². The molecule has 4 rings (SSSR count). The van der Waals surface area contributed by atoms with Crippen LogP contribution in [0, 0.1) is 0 Å². The molecule has 4 heterocycles. The maximum absolute atomic E-state index is 13.2. The lowest BCUT2D eigenvalue weighted by molar-refractivity contribution is -0.122. The van der Waals surface area contributed by atoms with Gasteiger partial charge >= 0.3 is 0 Å². The molecule has 3 aliphatic rings. The zero-order valence-corrected chi connectivity index (χ0v) is 15.3. The van der Waals surface area contributed by atoms with Gasteiger partial charge in [-0.2, -0.15) is 0 Å². The van der Waals surface area contributed by atoms with Gasteiger partial charge in [0, 0.05) is 37.8 Å². The number of pyridine rings is 1. The summed E-state index contributed by atoms with van der Waals surface area (Å²) in [7, 11) is 0. The van der Waals surface area contributed by atoms with E-state index in [4.69, 9.17) is 0 Å². The van der Waals surface area contributed by atoms with Crippen LogP contribution in [0.3, 0.4) is 0 Å². The minimum Gasteiger partial charge on any atom is -0.357 e. The molecule has 0 unspecified atom stereocenters. The molecule has 3 saturated heterocycles. The Morgan fingerprint density at radius 3 is 2.77 bits per heavy atom. The molecule has 0 aromatic carbocycles. The molecule has 6 heteroatoms. The monoisotopic (exact) mass is 356 g/mol. The van der Waals surface area contributed by atoms with Gasteiger partial charge in [0.15, 0.2) is 0 Å². The second-order valence-electron chi connectivity index (χ2n) is 7.72. The number of nitrogens with zero attached hydrogens (tertiary/aromatic N) is 3. The number of rotatable bonds is 2. The van der Waals surface area contributed by atoms with Crippen molar-refractivity contribution in [3.63, 3.8) is 0 Å². The molecule has 2 atom stereocenters.